The molecule has 0 aliphatic rings. The van der Waals surface area contributed by atoms with Crippen LogP contribution in [0.25, 0.3) is 10.4 Å². The van der Waals surface area contributed by atoms with E-state index in [4.69, 9.17) is 0 Å². The van der Waals surface area contributed by atoms with Gasteiger partial charge in [-0.3, -0.25) is 14.6 Å². The van der Waals surface area contributed by atoms with Crippen molar-refractivity contribution < 1.29 is 9.90 Å². The Morgan fingerprint density at radius 1 is 1.19 bits per heavy atom. The van der Waals surface area contributed by atoms with Crippen LogP contribution in [0.5, 0.6) is 5.88 Å². The van der Waals surface area contributed by atoms with Crippen LogP contribution in [0.15, 0.2) is 41.2 Å². The number of aromatic hydroxyl groups is 1. The lowest BCUT2D eigenvalue weighted by Gasteiger charge is -2.15. The Balaban J connectivity index is 1.60. The fourth-order valence-electron chi connectivity index (χ4n) is 3.74. The maximum absolute atomic E-state index is 11.4. The number of thiophene rings is 1. The second-order valence-electron chi connectivity index (χ2n) is 7.83. The molecular formula is C24H30N2O3S2. The van der Waals surface area contributed by atoms with Crippen LogP contribution in [0.4, 0.5) is 0 Å². The number of nitrogens with one attached hydrogen (secondary N) is 2. The molecule has 166 valence electrons. The Kier molecular flexibility index (Phi) is 8.49. The lowest BCUT2D eigenvalue weighted by atomic mass is 9.91. The normalized spacial score (nSPS) is 12.1. The molecule has 1 unspecified atom stereocenters. The van der Waals surface area contributed by atoms with E-state index in [1.54, 1.807) is 18.4 Å². The molecule has 3 N–H and O–H groups in total. The van der Waals surface area contributed by atoms with Crippen LogP contribution in [-0.2, 0) is 17.6 Å². The van der Waals surface area contributed by atoms with Crippen molar-refractivity contribution in [2.24, 2.45) is 5.92 Å². The third-order valence-corrected chi connectivity index (χ3v) is 7.56. The molecule has 31 heavy (non-hydrogen) atoms. The summed E-state index contributed by atoms with van der Waals surface area (Å²) in [7, 11) is 1.69. The average Bonchev–Trinajstić information content (AvgIpc) is 3.36. The Hall–Kier alpha value is -2.38. The number of aromatic nitrogens is 1. The number of rotatable bonds is 11. The number of thiazole rings is 1. The fourth-order valence-corrected chi connectivity index (χ4v) is 5.59. The molecule has 3 rings (SSSR count). The third kappa shape index (κ3) is 6.80. The zero-order chi connectivity index (χ0) is 22.2. The highest BCUT2D eigenvalue weighted by atomic mass is 32.1. The van der Waals surface area contributed by atoms with E-state index < -0.39 is 0 Å². The van der Waals surface area contributed by atoms with E-state index in [0.29, 0.717) is 23.6 Å². The topological polar surface area (TPSA) is 82.2 Å². The largest absolute Gasteiger partial charge is 0.494 e. The summed E-state index contributed by atoms with van der Waals surface area (Å²) in [6, 6.07) is 12.9. The summed E-state index contributed by atoms with van der Waals surface area (Å²) in [5.41, 5.74) is 2.54. The van der Waals surface area contributed by atoms with Gasteiger partial charge in [0.05, 0.1) is 4.88 Å². The summed E-state index contributed by atoms with van der Waals surface area (Å²) in [5.74, 6) is 0.725. The summed E-state index contributed by atoms with van der Waals surface area (Å²) in [4.78, 5) is 28.0. The number of benzene rings is 1. The third-order valence-electron chi connectivity index (χ3n) is 5.56. The number of amides is 1. The first kappa shape index (κ1) is 23.3. The van der Waals surface area contributed by atoms with Gasteiger partial charge in [-0.15, -0.1) is 11.3 Å². The molecule has 1 aromatic carbocycles. The van der Waals surface area contributed by atoms with Gasteiger partial charge in [0.1, 0.15) is 0 Å². The maximum Gasteiger partial charge on any atom is 0.307 e. The Morgan fingerprint density at radius 3 is 2.74 bits per heavy atom. The molecule has 0 saturated carbocycles. The molecule has 0 spiro atoms. The van der Waals surface area contributed by atoms with Crippen LogP contribution in [0.3, 0.4) is 0 Å². The number of unbranched alkanes of at least 4 members (excludes halogenated alkanes) is 1. The van der Waals surface area contributed by atoms with E-state index in [-0.39, 0.29) is 16.7 Å². The molecule has 0 saturated heterocycles. The van der Waals surface area contributed by atoms with Gasteiger partial charge in [0.2, 0.25) is 11.8 Å². The highest BCUT2D eigenvalue weighted by molar-refractivity contribution is 7.15. The zero-order valence-electron chi connectivity index (χ0n) is 18.1. The minimum absolute atomic E-state index is 0.0205. The van der Waals surface area contributed by atoms with E-state index in [1.165, 1.54) is 16.0 Å². The van der Waals surface area contributed by atoms with Crippen molar-refractivity contribution >= 4 is 28.6 Å². The van der Waals surface area contributed by atoms with E-state index >= 15 is 0 Å². The molecule has 0 aliphatic heterocycles. The number of aromatic amines is 1. The van der Waals surface area contributed by atoms with Gasteiger partial charge in [0.15, 0.2) is 0 Å². The van der Waals surface area contributed by atoms with Crippen LogP contribution < -0.4 is 10.2 Å². The number of hydrogen-bond donors (Lipinski definition) is 3. The summed E-state index contributed by atoms with van der Waals surface area (Å²) in [6.45, 7) is 2.24. The monoisotopic (exact) mass is 458 g/mol. The quantitative estimate of drug-likeness (QED) is 0.339. The Morgan fingerprint density at radius 2 is 2.03 bits per heavy atom. The van der Waals surface area contributed by atoms with Crippen LogP contribution in [0.1, 0.15) is 54.3 Å². The number of H-pyrrole nitrogens is 1. The van der Waals surface area contributed by atoms with Gasteiger partial charge in [-0.05, 0) is 42.0 Å². The minimum Gasteiger partial charge on any atom is -0.494 e. The van der Waals surface area contributed by atoms with Crippen LogP contribution in [0, 0.1) is 5.92 Å². The molecule has 2 aromatic heterocycles. The summed E-state index contributed by atoms with van der Waals surface area (Å²) < 4.78 is 0. The lowest BCUT2D eigenvalue weighted by Crippen LogP contribution is -2.17. The van der Waals surface area contributed by atoms with Crippen molar-refractivity contribution in [2.75, 3.05) is 7.05 Å². The molecule has 3 aromatic rings. The lowest BCUT2D eigenvalue weighted by molar-refractivity contribution is -0.120. The second-order valence-corrected chi connectivity index (χ2v) is 10.1. The standard InChI is InChI=1S/C24H30N2O3S2/c1-3-16(7-4-5-10-22(27)25-2)13-17-8-6-9-18(14-17)20-12-11-19(30-20)15-21-23(28)26-24(29)31-21/h6,8-9,11-12,14,16,28H,3-5,7,10,13,15H2,1-2H3,(H,25,27)(H,26,29). The molecule has 0 bridgehead atoms. The SMILES string of the molecule is CCC(CCCCC(=O)NC)Cc1cccc(-c2ccc(Cc3sc(=O)[nH]c3O)s2)c1. The molecule has 2 heterocycles. The fraction of sp³-hybridized carbons (Fsp3) is 0.417. The predicted molar refractivity (Wildman–Crippen MR) is 129 cm³/mol. The van der Waals surface area contributed by atoms with Gasteiger partial charge in [-0.1, -0.05) is 61.8 Å². The molecule has 0 aliphatic carbocycles. The first-order valence-electron chi connectivity index (χ1n) is 10.8. The van der Waals surface area contributed by atoms with E-state index in [9.17, 15) is 14.7 Å². The molecule has 1 atom stereocenters. The van der Waals surface area contributed by atoms with Gasteiger partial charge in [0, 0.05) is 29.6 Å². The van der Waals surface area contributed by atoms with E-state index in [0.717, 1.165) is 48.3 Å². The minimum atomic E-state index is -0.226. The molecule has 0 fully saturated rings. The summed E-state index contributed by atoms with van der Waals surface area (Å²) >= 11 is 2.76. The number of carbonyl (C=O) groups excluding carboxylic acids is 1. The zero-order valence-corrected chi connectivity index (χ0v) is 19.7. The summed E-state index contributed by atoms with van der Waals surface area (Å²) in [6.07, 6.45) is 6.53. The predicted octanol–water partition coefficient (Wildman–Crippen LogP) is 5.34. The average molecular weight is 459 g/mol. The van der Waals surface area contributed by atoms with Gasteiger partial charge in [0.25, 0.3) is 0 Å². The maximum atomic E-state index is 11.4. The smallest absolute Gasteiger partial charge is 0.307 e. The van der Waals surface area contributed by atoms with Crippen LogP contribution in [-0.4, -0.2) is 23.0 Å². The Bertz CT molecular complexity index is 1050. The number of carbonyl (C=O) groups is 1. The van der Waals surface area contributed by atoms with Crippen molar-refractivity contribution in [2.45, 2.75) is 51.9 Å². The molecule has 7 heteroatoms. The van der Waals surface area contributed by atoms with Crippen molar-refractivity contribution in [3.05, 3.63) is 61.4 Å². The van der Waals surface area contributed by atoms with Gasteiger partial charge in [-0.25, -0.2) is 0 Å². The van der Waals surface area contributed by atoms with Crippen molar-refractivity contribution in [1.29, 1.82) is 0 Å². The van der Waals surface area contributed by atoms with Gasteiger partial charge in [-0.2, -0.15) is 0 Å². The first-order chi connectivity index (χ1) is 15.0. The van der Waals surface area contributed by atoms with Gasteiger partial charge < -0.3 is 10.4 Å². The molecule has 1 amide bonds. The van der Waals surface area contributed by atoms with Crippen molar-refractivity contribution in [3.63, 3.8) is 0 Å². The van der Waals surface area contributed by atoms with Crippen LogP contribution in [0.2, 0.25) is 0 Å². The van der Waals surface area contributed by atoms with Crippen molar-refractivity contribution in [3.8, 4) is 16.3 Å². The first-order valence-corrected chi connectivity index (χ1v) is 12.4. The van der Waals surface area contributed by atoms with Gasteiger partial charge >= 0.3 is 4.87 Å². The highest BCUT2D eigenvalue weighted by Gasteiger charge is 2.12. The van der Waals surface area contributed by atoms with Crippen molar-refractivity contribution in [1.82, 2.24) is 10.3 Å². The number of hydrogen-bond acceptors (Lipinski definition) is 5. The van der Waals surface area contributed by atoms with E-state index in [1.807, 2.05) is 0 Å². The molecular weight excluding hydrogens is 428 g/mol. The van der Waals surface area contributed by atoms with E-state index in [2.05, 4.69) is 53.6 Å². The highest BCUT2D eigenvalue weighted by Crippen LogP contribution is 2.32. The Labute approximate surface area is 191 Å². The second kappa shape index (κ2) is 11.3. The molecule has 0 radical (unpaired) electrons. The molecule has 5 nitrogen and oxygen atoms in total. The summed E-state index contributed by atoms with van der Waals surface area (Å²) in [5, 5.41) is 12.5. The van der Waals surface area contributed by atoms with Crippen LogP contribution >= 0.6 is 22.7 Å².